The van der Waals surface area contributed by atoms with E-state index in [1.165, 1.54) is 0 Å². The van der Waals surface area contributed by atoms with Crippen LogP contribution >= 0.6 is 0 Å². The van der Waals surface area contributed by atoms with Crippen LogP contribution < -0.4 is 5.32 Å². The van der Waals surface area contributed by atoms with Gasteiger partial charge in [-0.2, -0.15) is 0 Å². The van der Waals surface area contributed by atoms with Gasteiger partial charge in [0.15, 0.2) is 0 Å². The number of nitro benzene ring substituents is 1. The molecule has 0 saturated carbocycles. The average Bonchev–Trinajstić information content (AvgIpc) is 2.70. The lowest BCUT2D eigenvalue weighted by molar-refractivity contribution is -0.385. The van der Waals surface area contributed by atoms with Gasteiger partial charge in [0.1, 0.15) is 11.5 Å². The van der Waals surface area contributed by atoms with E-state index in [1.54, 1.807) is 19.1 Å². The van der Waals surface area contributed by atoms with Crippen molar-refractivity contribution in [2.45, 2.75) is 33.7 Å². The molecule has 0 saturated heterocycles. The fraction of sp³-hybridized carbons (Fsp3) is 0.333. The van der Waals surface area contributed by atoms with Crippen LogP contribution in [0.1, 0.15) is 35.6 Å². The molecule has 1 heterocycles. The van der Waals surface area contributed by atoms with Gasteiger partial charge in [-0.05, 0) is 39.8 Å². The number of hydrogen-bond acceptors (Lipinski definition) is 4. The SMILES string of the molecule is Cc1cc(C(C)Nc2ccc(C)c([N+](=O)[O-])c2)c(C)o1. The molecule has 0 fully saturated rings. The Morgan fingerprint density at radius 1 is 1.25 bits per heavy atom. The van der Waals surface area contributed by atoms with Crippen molar-refractivity contribution in [3.8, 4) is 0 Å². The molecule has 2 aromatic rings. The van der Waals surface area contributed by atoms with Crippen LogP contribution in [0.25, 0.3) is 0 Å². The maximum absolute atomic E-state index is 10.9. The highest BCUT2D eigenvalue weighted by Gasteiger charge is 2.15. The molecule has 0 bridgehead atoms. The lowest BCUT2D eigenvalue weighted by atomic mass is 10.1. The molecule has 0 radical (unpaired) electrons. The highest BCUT2D eigenvalue weighted by Crippen LogP contribution is 2.28. The quantitative estimate of drug-likeness (QED) is 0.667. The number of nitrogens with one attached hydrogen (secondary N) is 1. The van der Waals surface area contributed by atoms with E-state index in [9.17, 15) is 10.1 Å². The summed E-state index contributed by atoms with van der Waals surface area (Å²) in [5, 5.41) is 14.2. The molecule has 5 heteroatoms. The van der Waals surface area contributed by atoms with Crippen LogP contribution in [0.2, 0.25) is 0 Å². The van der Waals surface area contributed by atoms with Gasteiger partial charge < -0.3 is 9.73 Å². The molecule has 1 atom stereocenters. The highest BCUT2D eigenvalue weighted by atomic mass is 16.6. The average molecular weight is 274 g/mol. The fourth-order valence-corrected chi connectivity index (χ4v) is 2.30. The second-order valence-electron chi connectivity index (χ2n) is 4.99. The number of furan rings is 1. The minimum atomic E-state index is -0.363. The predicted octanol–water partition coefficient (Wildman–Crippen LogP) is 4.29. The molecule has 0 aliphatic rings. The van der Waals surface area contributed by atoms with Crippen molar-refractivity contribution in [3.63, 3.8) is 0 Å². The second kappa shape index (κ2) is 5.36. The summed E-state index contributed by atoms with van der Waals surface area (Å²) in [7, 11) is 0. The van der Waals surface area contributed by atoms with Crippen LogP contribution in [0, 0.1) is 30.9 Å². The van der Waals surface area contributed by atoms with Crippen molar-refractivity contribution >= 4 is 11.4 Å². The van der Waals surface area contributed by atoms with Crippen LogP contribution in [-0.2, 0) is 0 Å². The highest BCUT2D eigenvalue weighted by molar-refractivity contribution is 5.55. The predicted molar refractivity (Wildman–Crippen MR) is 78.1 cm³/mol. The van der Waals surface area contributed by atoms with Crippen molar-refractivity contribution < 1.29 is 9.34 Å². The normalized spacial score (nSPS) is 12.2. The van der Waals surface area contributed by atoms with Gasteiger partial charge in [0.05, 0.1) is 11.0 Å². The molecule has 20 heavy (non-hydrogen) atoms. The topological polar surface area (TPSA) is 68.3 Å². The van der Waals surface area contributed by atoms with Crippen molar-refractivity contribution in [1.82, 2.24) is 0 Å². The molecular formula is C15H18N2O3. The zero-order valence-electron chi connectivity index (χ0n) is 12.1. The van der Waals surface area contributed by atoms with Crippen LogP contribution in [-0.4, -0.2) is 4.92 Å². The first-order chi connectivity index (χ1) is 9.38. The minimum Gasteiger partial charge on any atom is -0.466 e. The van der Waals surface area contributed by atoms with E-state index < -0.39 is 0 Å². The monoisotopic (exact) mass is 274 g/mol. The Balaban J connectivity index is 2.24. The molecule has 106 valence electrons. The Morgan fingerprint density at radius 3 is 2.50 bits per heavy atom. The third kappa shape index (κ3) is 2.82. The van der Waals surface area contributed by atoms with Crippen molar-refractivity contribution in [3.05, 3.63) is 57.0 Å². The van der Waals surface area contributed by atoms with Gasteiger partial charge in [0, 0.05) is 22.9 Å². The van der Waals surface area contributed by atoms with Crippen molar-refractivity contribution in [1.29, 1.82) is 0 Å². The van der Waals surface area contributed by atoms with E-state index in [0.717, 1.165) is 22.8 Å². The van der Waals surface area contributed by atoms with Gasteiger partial charge in [0.2, 0.25) is 0 Å². The van der Waals surface area contributed by atoms with Gasteiger partial charge in [0.25, 0.3) is 5.69 Å². The Hall–Kier alpha value is -2.30. The summed E-state index contributed by atoms with van der Waals surface area (Å²) in [5.41, 5.74) is 2.57. The fourth-order valence-electron chi connectivity index (χ4n) is 2.30. The third-order valence-corrected chi connectivity index (χ3v) is 3.33. The summed E-state index contributed by atoms with van der Waals surface area (Å²) in [5.74, 6) is 1.73. The lowest BCUT2D eigenvalue weighted by Gasteiger charge is -2.14. The number of benzene rings is 1. The van der Waals surface area contributed by atoms with Crippen molar-refractivity contribution in [2.24, 2.45) is 0 Å². The molecule has 0 amide bonds. The Labute approximate surface area is 117 Å². The van der Waals surface area contributed by atoms with Crippen LogP contribution in [0.15, 0.2) is 28.7 Å². The first kappa shape index (κ1) is 14.1. The number of rotatable bonds is 4. The summed E-state index contributed by atoms with van der Waals surface area (Å²) >= 11 is 0. The van der Waals surface area contributed by atoms with E-state index in [2.05, 4.69) is 5.32 Å². The summed E-state index contributed by atoms with van der Waals surface area (Å²) in [6.07, 6.45) is 0. The van der Waals surface area contributed by atoms with Crippen molar-refractivity contribution in [2.75, 3.05) is 5.32 Å². The maximum Gasteiger partial charge on any atom is 0.274 e. The lowest BCUT2D eigenvalue weighted by Crippen LogP contribution is -2.07. The van der Waals surface area contributed by atoms with Gasteiger partial charge in [-0.25, -0.2) is 0 Å². The minimum absolute atomic E-state index is 0.0229. The number of aryl methyl sites for hydroxylation is 3. The number of hydrogen-bond donors (Lipinski definition) is 1. The molecule has 1 aromatic heterocycles. The number of nitro groups is 1. The zero-order valence-corrected chi connectivity index (χ0v) is 12.1. The first-order valence-corrected chi connectivity index (χ1v) is 6.47. The third-order valence-electron chi connectivity index (χ3n) is 3.33. The largest absolute Gasteiger partial charge is 0.466 e. The van der Waals surface area contributed by atoms with Gasteiger partial charge >= 0.3 is 0 Å². The van der Waals surface area contributed by atoms with Crippen LogP contribution in [0.5, 0.6) is 0 Å². The summed E-state index contributed by atoms with van der Waals surface area (Å²) in [4.78, 5) is 10.6. The standard InChI is InChI=1S/C15H18N2O3/c1-9-5-6-13(8-15(9)17(18)19)16-11(3)14-7-10(2)20-12(14)4/h5-8,11,16H,1-4H3. The number of nitrogens with zero attached hydrogens (tertiary/aromatic N) is 1. The first-order valence-electron chi connectivity index (χ1n) is 6.47. The molecule has 0 aliphatic carbocycles. The second-order valence-corrected chi connectivity index (χ2v) is 4.99. The Bertz CT molecular complexity index is 647. The molecule has 2 rings (SSSR count). The van der Waals surface area contributed by atoms with Gasteiger partial charge in [-0.15, -0.1) is 0 Å². The Kier molecular flexibility index (Phi) is 3.79. The molecule has 5 nitrogen and oxygen atoms in total. The van der Waals surface area contributed by atoms with E-state index in [4.69, 9.17) is 4.42 Å². The van der Waals surface area contributed by atoms with E-state index in [0.29, 0.717) is 5.56 Å². The smallest absolute Gasteiger partial charge is 0.274 e. The summed E-state index contributed by atoms with van der Waals surface area (Å²) in [6.45, 7) is 7.55. The molecular weight excluding hydrogens is 256 g/mol. The molecule has 0 spiro atoms. The van der Waals surface area contributed by atoms with E-state index in [1.807, 2.05) is 32.9 Å². The van der Waals surface area contributed by atoms with E-state index in [-0.39, 0.29) is 16.7 Å². The summed E-state index contributed by atoms with van der Waals surface area (Å²) in [6, 6.07) is 7.17. The van der Waals surface area contributed by atoms with Gasteiger partial charge in [-0.3, -0.25) is 10.1 Å². The maximum atomic E-state index is 10.9. The molecule has 1 aromatic carbocycles. The molecule has 1 unspecified atom stereocenters. The van der Waals surface area contributed by atoms with Gasteiger partial charge in [-0.1, -0.05) is 6.07 Å². The Morgan fingerprint density at radius 2 is 1.95 bits per heavy atom. The molecule has 1 N–H and O–H groups in total. The zero-order chi connectivity index (χ0) is 14.9. The van der Waals surface area contributed by atoms with Crippen LogP contribution in [0.3, 0.4) is 0 Å². The van der Waals surface area contributed by atoms with Crippen LogP contribution in [0.4, 0.5) is 11.4 Å². The van der Waals surface area contributed by atoms with E-state index >= 15 is 0 Å². The molecule has 0 aliphatic heterocycles. The number of anilines is 1. The summed E-state index contributed by atoms with van der Waals surface area (Å²) < 4.78 is 5.51.